The molecule has 0 amide bonds. The van der Waals surface area contributed by atoms with Gasteiger partial charge in [0.2, 0.25) is 0 Å². The monoisotopic (exact) mass is 200 g/mol. The first-order chi connectivity index (χ1) is 7.22. The van der Waals surface area contributed by atoms with Crippen molar-refractivity contribution < 1.29 is 0 Å². The smallest absolute Gasteiger partial charge is 0.101 e. The van der Waals surface area contributed by atoms with Crippen LogP contribution in [-0.4, -0.2) is 13.1 Å². The first-order valence-corrected chi connectivity index (χ1v) is 5.46. The van der Waals surface area contributed by atoms with Crippen LogP contribution < -0.4 is 4.90 Å². The molecule has 0 unspecified atom stereocenters. The Morgan fingerprint density at radius 3 is 2.60 bits per heavy atom. The highest BCUT2D eigenvalue weighted by Gasteiger charge is 2.30. The van der Waals surface area contributed by atoms with Crippen LogP contribution in [0.2, 0.25) is 0 Å². The van der Waals surface area contributed by atoms with Gasteiger partial charge < -0.3 is 4.90 Å². The van der Waals surface area contributed by atoms with E-state index in [0.29, 0.717) is 0 Å². The number of nitriles is 1. The fourth-order valence-electron chi connectivity index (χ4n) is 1.97. The van der Waals surface area contributed by atoms with Crippen molar-refractivity contribution in [2.24, 2.45) is 11.8 Å². The minimum atomic E-state index is 0.746. The van der Waals surface area contributed by atoms with Crippen molar-refractivity contribution in [1.29, 1.82) is 5.26 Å². The summed E-state index contributed by atoms with van der Waals surface area (Å²) in [6.45, 7) is 6.71. The lowest BCUT2D eigenvalue weighted by Gasteiger charge is -2.43. The van der Waals surface area contributed by atoms with Crippen LogP contribution in [0.5, 0.6) is 0 Å². The zero-order valence-electron chi connectivity index (χ0n) is 9.27. The number of rotatable bonds is 2. The molecular formula is C13H16N2. The van der Waals surface area contributed by atoms with Crippen molar-refractivity contribution in [3.05, 3.63) is 29.8 Å². The number of hydrogen-bond donors (Lipinski definition) is 0. The summed E-state index contributed by atoms with van der Waals surface area (Å²) in [5, 5.41) is 8.99. The first-order valence-electron chi connectivity index (χ1n) is 5.46. The standard InChI is InChI=1S/C13H16N2/c1-10(2)12-8-15(9-12)13-6-4-3-5-11(13)7-14/h3-6,10,12H,8-9H2,1-2H3. The van der Waals surface area contributed by atoms with E-state index in [2.05, 4.69) is 24.8 Å². The SMILES string of the molecule is CC(C)C1CN(c2ccccc2C#N)C1. The maximum atomic E-state index is 8.99. The molecule has 0 spiro atoms. The van der Waals surface area contributed by atoms with Gasteiger partial charge in [-0.15, -0.1) is 0 Å². The van der Waals surface area contributed by atoms with E-state index >= 15 is 0 Å². The van der Waals surface area contributed by atoms with E-state index in [0.717, 1.165) is 36.2 Å². The van der Waals surface area contributed by atoms with Crippen LogP contribution in [0.15, 0.2) is 24.3 Å². The van der Waals surface area contributed by atoms with E-state index in [9.17, 15) is 0 Å². The number of para-hydroxylation sites is 1. The molecular weight excluding hydrogens is 184 g/mol. The molecule has 1 aromatic rings. The highest BCUT2D eigenvalue weighted by atomic mass is 15.2. The molecule has 78 valence electrons. The Morgan fingerprint density at radius 2 is 2.00 bits per heavy atom. The van der Waals surface area contributed by atoms with Crippen molar-refractivity contribution in [1.82, 2.24) is 0 Å². The zero-order valence-corrected chi connectivity index (χ0v) is 9.27. The Bertz CT molecular complexity index is 384. The lowest BCUT2D eigenvalue weighted by Crippen LogP contribution is -2.49. The fourth-order valence-corrected chi connectivity index (χ4v) is 1.97. The van der Waals surface area contributed by atoms with E-state index in [1.165, 1.54) is 0 Å². The quantitative estimate of drug-likeness (QED) is 0.733. The summed E-state index contributed by atoms with van der Waals surface area (Å²) < 4.78 is 0. The molecule has 1 aliphatic heterocycles. The van der Waals surface area contributed by atoms with Crippen LogP contribution in [0, 0.1) is 23.2 Å². The number of benzene rings is 1. The molecule has 2 nitrogen and oxygen atoms in total. The van der Waals surface area contributed by atoms with Gasteiger partial charge in [0, 0.05) is 13.1 Å². The van der Waals surface area contributed by atoms with Gasteiger partial charge >= 0.3 is 0 Å². The molecule has 1 fully saturated rings. The molecule has 0 aliphatic carbocycles. The van der Waals surface area contributed by atoms with Crippen LogP contribution in [-0.2, 0) is 0 Å². The first kappa shape index (κ1) is 10.0. The van der Waals surface area contributed by atoms with E-state index in [4.69, 9.17) is 5.26 Å². The second-order valence-corrected chi connectivity index (χ2v) is 4.54. The third-order valence-corrected chi connectivity index (χ3v) is 3.22. The van der Waals surface area contributed by atoms with Crippen LogP contribution in [0.4, 0.5) is 5.69 Å². The largest absolute Gasteiger partial charge is 0.370 e. The Balaban J connectivity index is 2.10. The molecule has 0 radical (unpaired) electrons. The van der Waals surface area contributed by atoms with E-state index < -0.39 is 0 Å². The van der Waals surface area contributed by atoms with Gasteiger partial charge in [0.05, 0.1) is 11.3 Å². The number of anilines is 1. The average molecular weight is 200 g/mol. The van der Waals surface area contributed by atoms with Gasteiger partial charge in [0.25, 0.3) is 0 Å². The van der Waals surface area contributed by atoms with Gasteiger partial charge in [-0.3, -0.25) is 0 Å². The normalized spacial score (nSPS) is 16.3. The van der Waals surface area contributed by atoms with Crippen LogP contribution in [0.3, 0.4) is 0 Å². The Labute approximate surface area is 91.1 Å². The van der Waals surface area contributed by atoms with Gasteiger partial charge in [-0.2, -0.15) is 5.26 Å². The molecule has 0 aromatic heterocycles. The summed E-state index contributed by atoms with van der Waals surface area (Å²) in [6.07, 6.45) is 0. The van der Waals surface area contributed by atoms with Crippen LogP contribution in [0.1, 0.15) is 19.4 Å². The van der Waals surface area contributed by atoms with Crippen molar-refractivity contribution in [3.63, 3.8) is 0 Å². The summed E-state index contributed by atoms with van der Waals surface area (Å²) >= 11 is 0. The second kappa shape index (κ2) is 3.94. The molecule has 2 rings (SSSR count). The summed E-state index contributed by atoms with van der Waals surface area (Å²) in [4.78, 5) is 2.29. The molecule has 0 atom stereocenters. The van der Waals surface area contributed by atoms with Crippen molar-refractivity contribution in [3.8, 4) is 6.07 Å². The Hall–Kier alpha value is -1.49. The highest BCUT2D eigenvalue weighted by Crippen LogP contribution is 2.30. The molecule has 0 bridgehead atoms. The van der Waals surface area contributed by atoms with Crippen LogP contribution in [0.25, 0.3) is 0 Å². The van der Waals surface area contributed by atoms with Gasteiger partial charge in [0.15, 0.2) is 0 Å². The van der Waals surface area contributed by atoms with Crippen LogP contribution >= 0.6 is 0 Å². The predicted molar refractivity (Wildman–Crippen MR) is 61.7 cm³/mol. The minimum absolute atomic E-state index is 0.746. The average Bonchev–Trinajstić information content (AvgIpc) is 2.15. The highest BCUT2D eigenvalue weighted by molar-refractivity contribution is 5.60. The zero-order chi connectivity index (χ0) is 10.8. The van der Waals surface area contributed by atoms with E-state index in [1.807, 2.05) is 24.3 Å². The van der Waals surface area contributed by atoms with Gasteiger partial charge in [-0.25, -0.2) is 0 Å². The minimum Gasteiger partial charge on any atom is -0.370 e. The maximum absolute atomic E-state index is 8.99. The van der Waals surface area contributed by atoms with Gasteiger partial charge in [0.1, 0.15) is 6.07 Å². The van der Waals surface area contributed by atoms with E-state index in [1.54, 1.807) is 0 Å². The lowest BCUT2D eigenvalue weighted by molar-refractivity contribution is 0.310. The van der Waals surface area contributed by atoms with Gasteiger partial charge in [-0.05, 0) is 24.0 Å². The third kappa shape index (κ3) is 1.83. The summed E-state index contributed by atoms with van der Waals surface area (Å²) in [6, 6.07) is 10.1. The summed E-state index contributed by atoms with van der Waals surface area (Å²) in [5.74, 6) is 1.53. The number of hydrogen-bond acceptors (Lipinski definition) is 2. The Kier molecular flexibility index (Phi) is 2.64. The fraction of sp³-hybridized carbons (Fsp3) is 0.462. The Morgan fingerprint density at radius 1 is 1.33 bits per heavy atom. The topological polar surface area (TPSA) is 27.0 Å². The molecule has 0 N–H and O–H groups in total. The third-order valence-electron chi connectivity index (χ3n) is 3.22. The summed E-state index contributed by atoms with van der Waals surface area (Å²) in [7, 11) is 0. The van der Waals surface area contributed by atoms with Crippen molar-refractivity contribution in [2.75, 3.05) is 18.0 Å². The van der Waals surface area contributed by atoms with Crippen molar-refractivity contribution in [2.45, 2.75) is 13.8 Å². The molecule has 1 aliphatic rings. The molecule has 1 heterocycles. The van der Waals surface area contributed by atoms with Gasteiger partial charge in [-0.1, -0.05) is 26.0 Å². The summed E-state index contributed by atoms with van der Waals surface area (Å²) in [5.41, 5.74) is 1.89. The molecule has 2 heteroatoms. The van der Waals surface area contributed by atoms with E-state index in [-0.39, 0.29) is 0 Å². The lowest BCUT2D eigenvalue weighted by atomic mass is 9.87. The number of nitrogens with zero attached hydrogens (tertiary/aromatic N) is 2. The van der Waals surface area contributed by atoms with Crippen molar-refractivity contribution >= 4 is 5.69 Å². The molecule has 1 saturated heterocycles. The molecule has 0 saturated carbocycles. The molecule has 15 heavy (non-hydrogen) atoms. The maximum Gasteiger partial charge on any atom is 0.101 e. The molecule has 1 aromatic carbocycles. The second-order valence-electron chi connectivity index (χ2n) is 4.54. The predicted octanol–water partition coefficient (Wildman–Crippen LogP) is 2.65.